The third-order valence-electron chi connectivity index (χ3n) is 8.16. The molecule has 1 saturated heterocycles. The van der Waals surface area contributed by atoms with E-state index >= 15 is 0 Å². The Morgan fingerprint density at radius 2 is 1.93 bits per heavy atom. The van der Waals surface area contributed by atoms with Crippen molar-refractivity contribution in [3.63, 3.8) is 0 Å². The van der Waals surface area contributed by atoms with Crippen LogP contribution in [0, 0.1) is 0 Å². The Kier molecular flexibility index (Phi) is 6.75. The molecule has 0 radical (unpaired) electrons. The van der Waals surface area contributed by atoms with Gasteiger partial charge in [-0.3, -0.25) is 24.7 Å². The average Bonchev–Trinajstić information content (AvgIpc) is 3.55. The number of thiophene rings is 1. The number of fused-ring (bicyclic) bond motifs is 2. The highest BCUT2D eigenvalue weighted by Crippen LogP contribution is 2.40. The molecular weight excluding hydrogens is 539 g/mol. The maximum Gasteiger partial charge on any atom is 0.243 e. The van der Waals surface area contributed by atoms with Crippen LogP contribution in [0.4, 0.5) is 0 Å². The molecule has 2 amide bonds. The van der Waals surface area contributed by atoms with Gasteiger partial charge in [-0.25, -0.2) is 9.97 Å². The number of carbonyl (C=O) groups excluding carboxylic acids is 2. The topological polar surface area (TPSA) is 78.4 Å². The predicted molar refractivity (Wildman–Crippen MR) is 161 cm³/mol. The first-order valence-electron chi connectivity index (χ1n) is 13.6. The molecule has 2 aromatic heterocycles. The van der Waals surface area contributed by atoms with E-state index in [2.05, 4.69) is 74.7 Å². The van der Waals surface area contributed by atoms with E-state index in [1.54, 1.807) is 17.7 Å². The third kappa shape index (κ3) is 4.77. The van der Waals surface area contributed by atoms with Crippen LogP contribution in [0.1, 0.15) is 47.0 Å². The number of hydrogen-bond acceptors (Lipinski definition) is 8. The van der Waals surface area contributed by atoms with E-state index < -0.39 is 0 Å². The monoisotopic (exact) mass is 567 g/mol. The Bertz CT molecular complexity index is 1650. The van der Waals surface area contributed by atoms with Crippen LogP contribution in [0.5, 0.6) is 0 Å². The summed E-state index contributed by atoms with van der Waals surface area (Å²) < 4.78 is 0. The normalized spacial score (nSPS) is 21.9. The summed E-state index contributed by atoms with van der Waals surface area (Å²) in [6.45, 7) is 3.34. The van der Waals surface area contributed by atoms with E-state index in [1.165, 1.54) is 27.1 Å². The van der Waals surface area contributed by atoms with Crippen LogP contribution in [0.2, 0.25) is 0 Å². The fourth-order valence-electron chi connectivity index (χ4n) is 6.05. The first-order chi connectivity index (χ1) is 19.5. The molecule has 40 heavy (non-hydrogen) atoms. The fourth-order valence-corrected chi connectivity index (χ4v) is 7.54. The molecule has 1 fully saturated rings. The Balaban J connectivity index is 1.05. The van der Waals surface area contributed by atoms with Crippen molar-refractivity contribution in [2.24, 2.45) is 0 Å². The Labute approximate surface area is 242 Å². The molecule has 0 bridgehead atoms. The summed E-state index contributed by atoms with van der Waals surface area (Å²) in [5.41, 5.74) is 7.15. The molecule has 3 aliphatic heterocycles. The van der Waals surface area contributed by atoms with Gasteiger partial charge in [-0.05, 0) is 46.7 Å². The second-order valence-corrected chi connectivity index (χ2v) is 12.2. The number of benzene rings is 2. The molecule has 0 saturated carbocycles. The van der Waals surface area contributed by atoms with Gasteiger partial charge in [0.05, 0.1) is 17.1 Å². The maximum atomic E-state index is 12.5. The van der Waals surface area contributed by atoms with Crippen molar-refractivity contribution in [3.8, 4) is 10.4 Å². The van der Waals surface area contributed by atoms with Gasteiger partial charge in [0, 0.05) is 42.9 Å². The van der Waals surface area contributed by atoms with E-state index in [0.29, 0.717) is 19.4 Å². The second-order valence-electron chi connectivity index (χ2n) is 10.7. The van der Waals surface area contributed by atoms with Gasteiger partial charge in [0.15, 0.2) is 0 Å². The zero-order chi connectivity index (χ0) is 27.2. The van der Waals surface area contributed by atoms with Crippen LogP contribution in [0.3, 0.4) is 0 Å². The van der Waals surface area contributed by atoms with Gasteiger partial charge in [-0.15, -0.1) is 11.3 Å². The van der Waals surface area contributed by atoms with Gasteiger partial charge in [0.2, 0.25) is 11.8 Å². The second kappa shape index (κ2) is 10.6. The quantitative estimate of drug-likeness (QED) is 0.255. The van der Waals surface area contributed by atoms with Gasteiger partial charge < -0.3 is 0 Å². The summed E-state index contributed by atoms with van der Waals surface area (Å²) in [6, 6.07) is 19.0. The molecule has 0 aliphatic carbocycles. The number of thiol groups is 1. The van der Waals surface area contributed by atoms with E-state index in [4.69, 9.17) is 17.6 Å². The summed E-state index contributed by atoms with van der Waals surface area (Å²) in [5, 5.41) is 3.46. The number of hydrogen-bond donors (Lipinski definition) is 2. The van der Waals surface area contributed by atoms with Crippen LogP contribution in [0.15, 0.2) is 67.0 Å². The molecule has 2 aromatic carbocycles. The molecule has 7 rings (SSSR count). The van der Waals surface area contributed by atoms with Crippen molar-refractivity contribution >= 4 is 51.6 Å². The summed E-state index contributed by atoms with van der Waals surface area (Å²) in [5.74, 6) is -0.398. The molecule has 3 aliphatic rings. The molecule has 9 heteroatoms. The zero-order valence-corrected chi connectivity index (χ0v) is 23.6. The lowest BCUT2D eigenvalue weighted by Crippen LogP contribution is -2.51. The van der Waals surface area contributed by atoms with Crippen molar-refractivity contribution in [1.29, 1.82) is 0 Å². The van der Waals surface area contributed by atoms with Gasteiger partial charge >= 0.3 is 0 Å². The molecule has 2 atom stereocenters. The lowest BCUT2D eigenvalue weighted by molar-refractivity contribution is -0.137. The van der Waals surface area contributed by atoms with Crippen molar-refractivity contribution in [2.45, 2.75) is 43.8 Å². The standard InChI is InChI=1S/C31H29N5O2S2/c37-27-9-8-25(29(38)34-27)36-17-22-7-6-19(14-23(22)31(36)39)16-35-12-10-21(11-13-35)28-24-15-26(20-4-2-1-3-5-20)40-30(24)33-18-32-28/h1-7,10,14-15,18,25,31,39H,8-9,11-13,16-17H2,(H,34,37,38). The minimum atomic E-state index is -0.318. The van der Waals surface area contributed by atoms with E-state index in [1.807, 2.05) is 6.07 Å². The van der Waals surface area contributed by atoms with Crippen molar-refractivity contribution in [3.05, 3.63) is 89.4 Å². The van der Waals surface area contributed by atoms with Crippen LogP contribution in [-0.2, 0) is 22.7 Å². The number of rotatable bonds is 5. The predicted octanol–water partition coefficient (Wildman–Crippen LogP) is 5.20. The lowest BCUT2D eigenvalue weighted by atomic mass is 10.0. The fraction of sp³-hybridized carbons (Fsp3) is 0.290. The number of piperidine rings is 1. The number of carbonyl (C=O) groups is 2. The molecule has 2 unspecified atom stereocenters. The largest absolute Gasteiger partial charge is 0.295 e. The molecule has 0 spiro atoms. The van der Waals surface area contributed by atoms with Gasteiger partial charge in [0.1, 0.15) is 11.2 Å². The molecule has 7 nitrogen and oxygen atoms in total. The van der Waals surface area contributed by atoms with Crippen LogP contribution in [0.25, 0.3) is 26.2 Å². The minimum Gasteiger partial charge on any atom is -0.295 e. The van der Waals surface area contributed by atoms with Gasteiger partial charge in [-0.2, -0.15) is 12.6 Å². The zero-order valence-electron chi connectivity index (χ0n) is 21.9. The van der Waals surface area contributed by atoms with Crippen molar-refractivity contribution in [1.82, 2.24) is 25.1 Å². The Morgan fingerprint density at radius 3 is 2.73 bits per heavy atom. The van der Waals surface area contributed by atoms with E-state index in [-0.39, 0.29) is 23.2 Å². The first-order valence-corrected chi connectivity index (χ1v) is 15.0. The van der Waals surface area contributed by atoms with Crippen LogP contribution in [-0.4, -0.2) is 50.7 Å². The molecular formula is C31H29N5O2S2. The SMILES string of the molecule is O=C1CCC(N2Cc3ccc(CN4CC=C(c5ncnc6sc(-c7ccccc7)cc56)CC4)cc3C2S)C(=O)N1. The van der Waals surface area contributed by atoms with Crippen molar-refractivity contribution < 1.29 is 9.59 Å². The number of nitrogens with zero attached hydrogens (tertiary/aromatic N) is 4. The summed E-state index contributed by atoms with van der Waals surface area (Å²) >= 11 is 6.60. The van der Waals surface area contributed by atoms with E-state index in [9.17, 15) is 9.59 Å². The molecule has 1 N–H and O–H groups in total. The van der Waals surface area contributed by atoms with Crippen LogP contribution >= 0.6 is 24.0 Å². The highest BCUT2D eigenvalue weighted by atomic mass is 32.1. The highest BCUT2D eigenvalue weighted by molar-refractivity contribution is 7.80. The number of aromatic nitrogens is 2. The summed E-state index contributed by atoms with van der Waals surface area (Å²) in [7, 11) is 0. The smallest absolute Gasteiger partial charge is 0.243 e. The van der Waals surface area contributed by atoms with Gasteiger partial charge in [-0.1, -0.05) is 54.6 Å². The van der Waals surface area contributed by atoms with E-state index in [0.717, 1.165) is 47.5 Å². The summed E-state index contributed by atoms with van der Waals surface area (Å²) in [6.07, 6.45) is 5.85. The number of amides is 2. The summed E-state index contributed by atoms with van der Waals surface area (Å²) in [4.78, 5) is 40.1. The Hall–Kier alpha value is -3.37. The molecule has 202 valence electrons. The number of imide groups is 1. The molecule has 5 heterocycles. The van der Waals surface area contributed by atoms with Crippen molar-refractivity contribution in [2.75, 3.05) is 13.1 Å². The lowest BCUT2D eigenvalue weighted by Gasteiger charge is -2.32. The average molecular weight is 568 g/mol. The molecule has 4 aromatic rings. The maximum absolute atomic E-state index is 12.5. The Morgan fingerprint density at radius 1 is 1.05 bits per heavy atom. The first kappa shape index (κ1) is 25.6. The van der Waals surface area contributed by atoms with Gasteiger partial charge in [0.25, 0.3) is 0 Å². The minimum absolute atomic E-state index is 0.154. The van der Waals surface area contributed by atoms with Crippen LogP contribution < -0.4 is 5.32 Å². The number of nitrogens with one attached hydrogen (secondary N) is 1. The third-order valence-corrected chi connectivity index (χ3v) is 9.82. The highest BCUT2D eigenvalue weighted by Gasteiger charge is 2.39.